The van der Waals surface area contributed by atoms with Gasteiger partial charge in [-0.2, -0.15) is 0 Å². The van der Waals surface area contributed by atoms with Crippen molar-refractivity contribution in [3.63, 3.8) is 0 Å². The van der Waals surface area contributed by atoms with Crippen molar-refractivity contribution in [3.05, 3.63) is 0 Å². The lowest BCUT2D eigenvalue weighted by Gasteiger charge is -2.57. The Kier molecular flexibility index (Phi) is 5.30. The fourth-order valence-electron chi connectivity index (χ4n) is 6.17. The van der Waals surface area contributed by atoms with Crippen molar-refractivity contribution < 1.29 is 4.74 Å². The molecule has 0 radical (unpaired) electrons. The van der Waals surface area contributed by atoms with Crippen LogP contribution in [0.2, 0.25) is 0 Å². The van der Waals surface area contributed by atoms with Crippen molar-refractivity contribution in [1.82, 2.24) is 15.5 Å². The lowest BCUT2D eigenvalue weighted by atomic mass is 9.49. The van der Waals surface area contributed by atoms with Crippen LogP contribution in [0.15, 0.2) is 0 Å². The minimum Gasteiger partial charge on any atom is -0.379 e. The van der Waals surface area contributed by atoms with Crippen LogP contribution in [0.25, 0.3) is 0 Å². The molecule has 0 aromatic rings. The van der Waals surface area contributed by atoms with Gasteiger partial charge < -0.3 is 15.4 Å². The van der Waals surface area contributed by atoms with Gasteiger partial charge in [0.25, 0.3) is 0 Å². The van der Waals surface area contributed by atoms with E-state index in [1.54, 1.807) is 0 Å². The van der Waals surface area contributed by atoms with Gasteiger partial charge in [0.05, 0.1) is 13.2 Å². The molecule has 4 saturated carbocycles. The van der Waals surface area contributed by atoms with E-state index >= 15 is 0 Å². The monoisotopic (exact) mass is 351 g/mol. The first-order valence-electron chi connectivity index (χ1n) is 10.0. The molecule has 1 aliphatic heterocycles. The number of hydrogen-bond acceptors (Lipinski definition) is 3. The zero-order valence-electron chi connectivity index (χ0n) is 14.9. The SMILES string of the molecule is S=C(NCCCN1CCOCC1)NCC12CC3CC(CC(C3)C1)C2. The van der Waals surface area contributed by atoms with Crippen molar-refractivity contribution in [3.8, 4) is 0 Å². The van der Waals surface area contributed by atoms with Gasteiger partial charge in [-0.25, -0.2) is 0 Å². The lowest BCUT2D eigenvalue weighted by Crippen LogP contribution is -2.52. The van der Waals surface area contributed by atoms with Crippen LogP contribution in [-0.2, 0) is 4.74 Å². The van der Waals surface area contributed by atoms with Crippen LogP contribution in [0.1, 0.15) is 44.9 Å². The smallest absolute Gasteiger partial charge is 0.166 e. The van der Waals surface area contributed by atoms with Gasteiger partial charge in [0.15, 0.2) is 5.11 Å². The van der Waals surface area contributed by atoms with Crippen molar-refractivity contribution >= 4 is 17.3 Å². The van der Waals surface area contributed by atoms with E-state index in [0.29, 0.717) is 5.41 Å². The van der Waals surface area contributed by atoms with Gasteiger partial charge in [-0.3, -0.25) is 4.90 Å². The normalized spacial score (nSPS) is 38.2. The minimum atomic E-state index is 0.564. The third-order valence-electron chi connectivity index (χ3n) is 6.83. The first-order valence-corrected chi connectivity index (χ1v) is 10.4. The molecular formula is C19H33N3OS. The predicted octanol–water partition coefficient (Wildman–Crippen LogP) is 2.39. The molecule has 4 aliphatic carbocycles. The second-order valence-electron chi connectivity index (χ2n) is 8.83. The maximum absolute atomic E-state index is 5.52. The highest BCUT2D eigenvalue weighted by molar-refractivity contribution is 7.80. The fourth-order valence-corrected chi connectivity index (χ4v) is 6.34. The molecule has 4 bridgehead atoms. The topological polar surface area (TPSA) is 36.5 Å². The Labute approximate surface area is 152 Å². The molecule has 5 rings (SSSR count). The predicted molar refractivity (Wildman–Crippen MR) is 101 cm³/mol. The molecule has 136 valence electrons. The first kappa shape index (κ1) is 17.0. The summed E-state index contributed by atoms with van der Waals surface area (Å²) in [6, 6.07) is 0. The summed E-state index contributed by atoms with van der Waals surface area (Å²) in [5.74, 6) is 3.06. The number of thiocarbonyl (C=S) groups is 1. The third-order valence-corrected chi connectivity index (χ3v) is 7.12. The molecule has 4 nitrogen and oxygen atoms in total. The molecular weight excluding hydrogens is 318 g/mol. The summed E-state index contributed by atoms with van der Waals surface area (Å²) in [5, 5.41) is 7.85. The van der Waals surface area contributed by atoms with Crippen molar-refractivity contribution in [2.45, 2.75) is 44.9 Å². The number of nitrogens with one attached hydrogen (secondary N) is 2. The number of morpholine rings is 1. The maximum Gasteiger partial charge on any atom is 0.166 e. The number of ether oxygens (including phenoxy) is 1. The highest BCUT2D eigenvalue weighted by Crippen LogP contribution is 2.59. The second-order valence-corrected chi connectivity index (χ2v) is 9.24. The van der Waals surface area contributed by atoms with Crippen LogP contribution in [0.5, 0.6) is 0 Å². The molecule has 5 fully saturated rings. The highest BCUT2D eigenvalue weighted by atomic mass is 32.1. The summed E-state index contributed by atoms with van der Waals surface area (Å²) < 4.78 is 5.39. The molecule has 2 N–H and O–H groups in total. The lowest BCUT2D eigenvalue weighted by molar-refractivity contribution is -0.0491. The summed E-state index contributed by atoms with van der Waals surface area (Å²) in [7, 11) is 0. The summed E-state index contributed by atoms with van der Waals surface area (Å²) in [4.78, 5) is 2.48. The Morgan fingerprint density at radius 2 is 1.62 bits per heavy atom. The Balaban J connectivity index is 1.13. The van der Waals surface area contributed by atoms with Crippen LogP contribution >= 0.6 is 12.2 Å². The average Bonchev–Trinajstić information content (AvgIpc) is 2.57. The Morgan fingerprint density at radius 3 is 2.25 bits per heavy atom. The van der Waals surface area contributed by atoms with Crippen LogP contribution in [0, 0.1) is 23.2 Å². The van der Waals surface area contributed by atoms with Crippen LogP contribution in [0.3, 0.4) is 0 Å². The first-order chi connectivity index (χ1) is 11.7. The number of hydrogen-bond donors (Lipinski definition) is 2. The van der Waals surface area contributed by atoms with E-state index < -0.39 is 0 Å². The highest BCUT2D eigenvalue weighted by Gasteiger charge is 2.50. The maximum atomic E-state index is 5.52. The van der Waals surface area contributed by atoms with Crippen molar-refractivity contribution in [1.29, 1.82) is 0 Å². The Morgan fingerprint density at radius 1 is 1.00 bits per heavy atom. The van der Waals surface area contributed by atoms with Crippen LogP contribution in [-0.4, -0.2) is 55.9 Å². The molecule has 0 spiro atoms. The Bertz CT molecular complexity index is 415. The van der Waals surface area contributed by atoms with Gasteiger partial charge in [0.2, 0.25) is 0 Å². The zero-order chi connectivity index (χ0) is 16.4. The van der Waals surface area contributed by atoms with Gasteiger partial charge in [-0.05, 0) is 86.9 Å². The Hall–Kier alpha value is -0.390. The fraction of sp³-hybridized carbons (Fsp3) is 0.947. The van der Waals surface area contributed by atoms with Gasteiger partial charge >= 0.3 is 0 Å². The van der Waals surface area contributed by atoms with E-state index in [1.807, 2.05) is 0 Å². The van der Waals surface area contributed by atoms with Crippen molar-refractivity contribution in [2.75, 3.05) is 45.9 Å². The standard InChI is InChI=1S/C19H33N3OS/c24-18(20-2-1-3-22-4-6-23-7-5-22)21-14-19-11-15-8-16(12-19)10-17(9-15)13-19/h15-17H,1-14H2,(H2,20,21,24). The van der Waals surface area contributed by atoms with E-state index in [-0.39, 0.29) is 0 Å². The molecule has 0 unspecified atom stereocenters. The average molecular weight is 352 g/mol. The largest absolute Gasteiger partial charge is 0.379 e. The zero-order valence-corrected chi connectivity index (χ0v) is 15.7. The summed E-state index contributed by atoms with van der Waals surface area (Å²) in [6.45, 7) is 7.16. The minimum absolute atomic E-state index is 0.564. The van der Waals surface area contributed by atoms with E-state index in [1.165, 1.54) is 38.5 Å². The molecule has 5 aliphatic rings. The van der Waals surface area contributed by atoms with Crippen molar-refractivity contribution in [2.24, 2.45) is 23.2 Å². The van der Waals surface area contributed by atoms with E-state index in [9.17, 15) is 0 Å². The van der Waals surface area contributed by atoms with E-state index in [2.05, 4.69) is 15.5 Å². The molecule has 1 saturated heterocycles. The molecule has 24 heavy (non-hydrogen) atoms. The third kappa shape index (κ3) is 4.05. The molecule has 5 heteroatoms. The second kappa shape index (κ2) is 7.46. The molecule has 0 aromatic carbocycles. The molecule has 1 heterocycles. The van der Waals surface area contributed by atoms with E-state index in [0.717, 1.165) is 75.2 Å². The van der Waals surface area contributed by atoms with E-state index in [4.69, 9.17) is 17.0 Å². The number of rotatable bonds is 6. The summed E-state index contributed by atoms with van der Waals surface area (Å²) >= 11 is 5.52. The summed E-state index contributed by atoms with van der Waals surface area (Å²) in [6.07, 6.45) is 10.1. The molecule has 0 aromatic heterocycles. The quantitative estimate of drug-likeness (QED) is 0.568. The number of nitrogens with zero attached hydrogens (tertiary/aromatic N) is 1. The van der Waals surface area contributed by atoms with Gasteiger partial charge in [-0.1, -0.05) is 0 Å². The summed E-state index contributed by atoms with van der Waals surface area (Å²) in [5.41, 5.74) is 0.564. The molecule has 0 atom stereocenters. The van der Waals surface area contributed by atoms with Crippen LogP contribution in [0.4, 0.5) is 0 Å². The molecule has 0 amide bonds. The van der Waals surface area contributed by atoms with Gasteiger partial charge in [-0.15, -0.1) is 0 Å². The van der Waals surface area contributed by atoms with Gasteiger partial charge in [0.1, 0.15) is 0 Å². The van der Waals surface area contributed by atoms with Crippen LogP contribution < -0.4 is 10.6 Å². The van der Waals surface area contributed by atoms with Gasteiger partial charge in [0, 0.05) is 26.2 Å².